The lowest BCUT2D eigenvalue weighted by Gasteiger charge is -2.16. The van der Waals surface area contributed by atoms with E-state index in [0.717, 1.165) is 28.2 Å². The zero-order valence-corrected chi connectivity index (χ0v) is 15.6. The molecular formula is C21H27NO3. The highest BCUT2D eigenvalue weighted by Gasteiger charge is 2.14. The maximum atomic E-state index is 12.2. The Hall–Kier alpha value is -2.49. The van der Waals surface area contributed by atoms with E-state index >= 15 is 0 Å². The Morgan fingerprint density at radius 2 is 1.52 bits per heavy atom. The zero-order valence-electron chi connectivity index (χ0n) is 15.6. The molecule has 0 bridgehead atoms. The summed E-state index contributed by atoms with van der Waals surface area (Å²) in [5.74, 6) is 1.41. The highest BCUT2D eigenvalue weighted by atomic mass is 16.5. The number of amides is 1. The van der Waals surface area contributed by atoms with E-state index in [2.05, 4.69) is 11.4 Å². The van der Waals surface area contributed by atoms with Gasteiger partial charge in [-0.05, 0) is 75.6 Å². The van der Waals surface area contributed by atoms with E-state index in [9.17, 15) is 4.79 Å². The molecule has 0 aliphatic rings. The van der Waals surface area contributed by atoms with E-state index in [0.29, 0.717) is 6.54 Å². The van der Waals surface area contributed by atoms with Crippen LogP contribution in [0.3, 0.4) is 0 Å². The Morgan fingerprint density at radius 1 is 0.920 bits per heavy atom. The molecule has 0 fully saturated rings. The molecule has 0 unspecified atom stereocenters. The van der Waals surface area contributed by atoms with Gasteiger partial charge in [0.15, 0.2) is 6.10 Å². The van der Waals surface area contributed by atoms with Gasteiger partial charge in [0.25, 0.3) is 5.91 Å². The molecule has 1 amide bonds. The van der Waals surface area contributed by atoms with E-state index in [1.165, 1.54) is 0 Å². The number of hydrogen-bond acceptors (Lipinski definition) is 3. The van der Waals surface area contributed by atoms with Gasteiger partial charge >= 0.3 is 0 Å². The molecule has 134 valence electrons. The van der Waals surface area contributed by atoms with Gasteiger partial charge in [-0.1, -0.05) is 18.2 Å². The number of carbonyl (C=O) groups excluding carboxylic acids is 1. The molecular weight excluding hydrogens is 314 g/mol. The molecule has 2 rings (SSSR count). The molecule has 0 radical (unpaired) electrons. The van der Waals surface area contributed by atoms with Crippen molar-refractivity contribution in [1.29, 1.82) is 0 Å². The van der Waals surface area contributed by atoms with Crippen molar-refractivity contribution in [2.75, 3.05) is 0 Å². The number of rotatable bonds is 7. The van der Waals surface area contributed by atoms with Gasteiger partial charge in [-0.2, -0.15) is 0 Å². The fourth-order valence-corrected chi connectivity index (χ4v) is 2.55. The minimum absolute atomic E-state index is 0.137. The highest BCUT2D eigenvalue weighted by Crippen LogP contribution is 2.18. The van der Waals surface area contributed by atoms with Crippen LogP contribution in [0.5, 0.6) is 11.5 Å². The van der Waals surface area contributed by atoms with Crippen LogP contribution in [0.15, 0.2) is 42.5 Å². The highest BCUT2D eigenvalue weighted by molar-refractivity contribution is 5.80. The molecule has 0 saturated heterocycles. The first-order chi connectivity index (χ1) is 11.8. The van der Waals surface area contributed by atoms with Crippen LogP contribution in [0, 0.1) is 13.8 Å². The summed E-state index contributed by atoms with van der Waals surface area (Å²) in [4.78, 5) is 12.2. The first-order valence-corrected chi connectivity index (χ1v) is 8.62. The maximum Gasteiger partial charge on any atom is 0.261 e. The lowest BCUT2D eigenvalue weighted by molar-refractivity contribution is -0.127. The number of benzene rings is 2. The SMILES string of the molecule is Cc1cc(C)cc(O[C@H](C)C(=O)NCc2ccc(OC(C)C)cc2)c1. The standard InChI is InChI=1S/C21H27NO3/c1-14(2)24-19-8-6-18(7-9-19)13-22-21(23)17(5)25-20-11-15(3)10-16(4)12-20/h6-12,14,17H,13H2,1-5H3,(H,22,23)/t17-/m1/s1. The van der Waals surface area contributed by atoms with E-state index in [1.54, 1.807) is 6.92 Å². The molecule has 0 saturated carbocycles. The first-order valence-electron chi connectivity index (χ1n) is 8.62. The van der Waals surface area contributed by atoms with Crippen molar-refractivity contribution in [3.8, 4) is 11.5 Å². The predicted octanol–water partition coefficient (Wildman–Crippen LogP) is 4.17. The Kier molecular flexibility index (Phi) is 6.45. The fourth-order valence-electron chi connectivity index (χ4n) is 2.55. The number of carbonyl (C=O) groups is 1. The number of aryl methyl sites for hydroxylation is 2. The van der Waals surface area contributed by atoms with Crippen LogP contribution in [0.4, 0.5) is 0 Å². The van der Waals surface area contributed by atoms with Gasteiger partial charge in [-0.25, -0.2) is 0 Å². The molecule has 2 aromatic carbocycles. The molecule has 0 spiro atoms. The average Bonchev–Trinajstić information content (AvgIpc) is 2.52. The van der Waals surface area contributed by atoms with E-state index in [-0.39, 0.29) is 12.0 Å². The van der Waals surface area contributed by atoms with Crippen LogP contribution < -0.4 is 14.8 Å². The molecule has 4 heteroatoms. The lowest BCUT2D eigenvalue weighted by atomic mass is 10.1. The van der Waals surface area contributed by atoms with Crippen molar-refractivity contribution in [1.82, 2.24) is 5.32 Å². The third-order valence-electron chi connectivity index (χ3n) is 3.64. The van der Waals surface area contributed by atoms with Gasteiger partial charge in [-0.15, -0.1) is 0 Å². The molecule has 1 atom stereocenters. The minimum Gasteiger partial charge on any atom is -0.491 e. The van der Waals surface area contributed by atoms with E-state index in [4.69, 9.17) is 9.47 Å². The summed E-state index contributed by atoms with van der Waals surface area (Å²) in [6.45, 7) is 10.2. The monoisotopic (exact) mass is 341 g/mol. The third-order valence-corrected chi connectivity index (χ3v) is 3.64. The van der Waals surface area contributed by atoms with Gasteiger partial charge < -0.3 is 14.8 Å². The quantitative estimate of drug-likeness (QED) is 0.822. The van der Waals surface area contributed by atoms with Crippen LogP contribution in [0.1, 0.15) is 37.5 Å². The topological polar surface area (TPSA) is 47.6 Å². The summed E-state index contributed by atoms with van der Waals surface area (Å²) in [7, 11) is 0. The second kappa shape index (κ2) is 8.56. The first kappa shape index (κ1) is 18.8. The summed E-state index contributed by atoms with van der Waals surface area (Å²) >= 11 is 0. The normalized spacial score (nSPS) is 11.9. The largest absolute Gasteiger partial charge is 0.491 e. The van der Waals surface area contributed by atoms with Gasteiger partial charge in [0.2, 0.25) is 0 Å². The van der Waals surface area contributed by atoms with Crippen LogP contribution in [-0.2, 0) is 11.3 Å². The molecule has 0 aromatic heterocycles. The van der Waals surface area contributed by atoms with Crippen molar-refractivity contribution in [3.63, 3.8) is 0 Å². The van der Waals surface area contributed by atoms with E-state index in [1.807, 2.05) is 64.1 Å². The fraction of sp³-hybridized carbons (Fsp3) is 0.381. The van der Waals surface area contributed by atoms with E-state index < -0.39 is 6.10 Å². The third kappa shape index (κ3) is 6.14. The van der Waals surface area contributed by atoms with Gasteiger partial charge in [0.05, 0.1) is 6.10 Å². The summed E-state index contributed by atoms with van der Waals surface area (Å²) in [6, 6.07) is 13.7. The van der Waals surface area contributed by atoms with Gasteiger partial charge in [0, 0.05) is 6.54 Å². The average molecular weight is 341 g/mol. The molecule has 0 aliphatic carbocycles. The van der Waals surface area contributed by atoms with Crippen LogP contribution in [0.25, 0.3) is 0 Å². The summed E-state index contributed by atoms with van der Waals surface area (Å²) in [6.07, 6.45) is -0.404. The molecule has 0 aliphatic heterocycles. The molecule has 25 heavy (non-hydrogen) atoms. The number of nitrogens with one attached hydrogen (secondary N) is 1. The van der Waals surface area contributed by atoms with Crippen molar-refractivity contribution in [2.24, 2.45) is 0 Å². The van der Waals surface area contributed by atoms with Crippen molar-refractivity contribution in [2.45, 2.75) is 53.4 Å². The van der Waals surface area contributed by atoms with Crippen molar-refractivity contribution in [3.05, 3.63) is 59.2 Å². The Balaban J connectivity index is 1.86. The van der Waals surface area contributed by atoms with Crippen LogP contribution >= 0.6 is 0 Å². The maximum absolute atomic E-state index is 12.2. The molecule has 4 nitrogen and oxygen atoms in total. The second-order valence-corrected chi connectivity index (χ2v) is 6.61. The minimum atomic E-state index is -0.551. The Labute approximate surface area is 150 Å². The summed E-state index contributed by atoms with van der Waals surface area (Å²) in [5.41, 5.74) is 3.25. The van der Waals surface area contributed by atoms with Gasteiger partial charge in [-0.3, -0.25) is 4.79 Å². The molecule has 0 heterocycles. The van der Waals surface area contributed by atoms with Crippen LogP contribution in [-0.4, -0.2) is 18.1 Å². The number of ether oxygens (including phenoxy) is 2. The Morgan fingerprint density at radius 3 is 2.08 bits per heavy atom. The molecule has 1 N–H and O–H groups in total. The summed E-state index contributed by atoms with van der Waals surface area (Å²) in [5, 5.41) is 2.90. The van der Waals surface area contributed by atoms with Crippen LogP contribution in [0.2, 0.25) is 0 Å². The second-order valence-electron chi connectivity index (χ2n) is 6.61. The van der Waals surface area contributed by atoms with Crippen molar-refractivity contribution < 1.29 is 14.3 Å². The Bertz CT molecular complexity index is 687. The smallest absolute Gasteiger partial charge is 0.261 e. The zero-order chi connectivity index (χ0) is 18.4. The van der Waals surface area contributed by atoms with Crippen molar-refractivity contribution >= 4 is 5.91 Å². The predicted molar refractivity (Wildman–Crippen MR) is 100 cm³/mol. The van der Waals surface area contributed by atoms with Gasteiger partial charge in [0.1, 0.15) is 11.5 Å². The lowest BCUT2D eigenvalue weighted by Crippen LogP contribution is -2.35. The number of hydrogen-bond donors (Lipinski definition) is 1. The summed E-state index contributed by atoms with van der Waals surface area (Å²) < 4.78 is 11.4. The molecule has 2 aromatic rings.